The Bertz CT molecular complexity index is 395. The molecule has 1 aromatic rings. The molecule has 0 radical (unpaired) electrons. The molecule has 1 N–H and O–H groups in total. The first-order valence-electron chi connectivity index (χ1n) is 6.48. The van der Waals surface area contributed by atoms with Crippen LogP contribution in [0.3, 0.4) is 0 Å². The molecule has 100 valence electrons. The molecule has 1 aliphatic rings. The Kier molecular flexibility index (Phi) is 4.53. The molecule has 4 heteroatoms. The minimum Gasteiger partial charge on any atom is -0.487 e. The van der Waals surface area contributed by atoms with Gasteiger partial charge in [0.1, 0.15) is 12.4 Å². The van der Waals surface area contributed by atoms with Crippen molar-refractivity contribution in [1.29, 1.82) is 0 Å². The van der Waals surface area contributed by atoms with Crippen LogP contribution in [0.2, 0.25) is 0 Å². The number of benzene rings is 1. The zero-order valence-electron chi connectivity index (χ0n) is 10.6. The van der Waals surface area contributed by atoms with Gasteiger partial charge >= 0.3 is 0 Å². The van der Waals surface area contributed by atoms with Gasteiger partial charge in [-0.05, 0) is 43.0 Å². The highest BCUT2D eigenvalue weighted by atomic mass is 19.3. The number of hydrogen-bond acceptors (Lipinski definition) is 2. The van der Waals surface area contributed by atoms with Gasteiger partial charge < -0.3 is 10.1 Å². The van der Waals surface area contributed by atoms with E-state index in [1.54, 1.807) is 6.07 Å². The molecular formula is C14H19F2NO. The van der Waals surface area contributed by atoms with Gasteiger partial charge in [0.2, 0.25) is 0 Å². The third-order valence-corrected chi connectivity index (χ3v) is 3.23. The van der Waals surface area contributed by atoms with E-state index in [0.29, 0.717) is 11.8 Å². The largest absolute Gasteiger partial charge is 0.487 e. The van der Waals surface area contributed by atoms with Gasteiger partial charge in [0.05, 0.1) is 0 Å². The molecule has 18 heavy (non-hydrogen) atoms. The summed E-state index contributed by atoms with van der Waals surface area (Å²) >= 11 is 0. The third-order valence-electron chi connectivity index (χ3n) is 3.23. The third kappa shape index (κ3) is 2.99. The lowest BCUT2D eigenvalue weighted by Gasteiger charge is -2.14. The van der Waals surface area contributed by atoms with Crippen molar-refractivity contribution in [3.63, 3.8) is 0 Å². The fraction of sp³-hybridized carbons (Fsp3) is 0.571. The second kappa shape index (κ2) is 6.14. The zero-order valence-corrected chi connectivity index (χ0v) is 10.6. The predicted octanol–water partition coefficient (Wildman–Crippen LogP) is 3.32. The fourth-order valence-electron chi connectivity index (χ4n) is 2.44. The summed E-state index contributed by atoms with van der Waals surface area (Å²) in [7, 11) is 0. The van der Waals surface area contributed by atoms with E-state index in [4.69, 9.17) is 4.74 Å². The molecule has 2 nitrogen and oxygen atoms in total. The first-order chi connectivity index (χ1) is 8.72. The van der Waals surface area contributed by atoms with E-state index in [1.807, 2.05) is 6.07 Å². The Morgan fingerprint density at radius 1 is 1.44 bits per heavy atom. The molecule has 1 aliphatic carbocycles. The highest BCUT2D eigenvalue weighted by Crippen LogP contribution is 2.36. The highest BCUT2D eigenvalue weighted by Gasteiger charge is 2.24. The standard InChI is InChI=1S/C14H19F2NO/c1-2-8-17-12-7-6-11-10(12)4-3-5-13(11)18-9-14(15)16/h3-5,12,14,17H,2,6-9H2,1H3. The van der Waals surface area contributed by atoms with E-state index in [2.05, 4.69) is 18.3 Å². The first kappa shape index (κ1) is 13.3. The van der Waals surface area contributed by atoms with E-state index in [0.717, 1.165) is 31.4 Å². The van der Waals surface area contributed by atoms with E-state index in [1.165, 1.54) is 5.56 Å². The van der Waals surface area contributed by atoms with Crippen LogP contribution in [-0.2, 0) is 6.42 Å². The second-order valence-corrected chi connectivity index (χ2v) is 4.57. The van der Waals surface area contributed by atoms with Crippen LogP contribution in [0.4, 0.5) is 8.78 Å². The molecule has 2 rings (SSSR count). The van der Waals surface area contributed by atoms with E-state index in [9.17, 15) is 8.78 Å². The van der Waals surface area contributed by atoms with Crippen LogP contribution in [0.25, 0.3) is 0 Å². The summed E-state index contributed by atoms with van der Waals surface area (Å²) < 4.78 is 29.5. The topological polar surface area (TPSA) is 21.3 Å². The van der Waals surface area contributed by atoms with Crippen molar-refractivity contribution < 1.29 is 13.5 Å². The van der Waals surface area contributed by atoms with Crippen LogP contribution in [0.15, 0.2) is 18.2 Å². The lowest BCUT2D eigenvalue weighted by atomic mass is 10.1. The molecule has 0 spiro atoms. The smallest absolute Gasteiger partial charge is 0.272 e. The number of ether oxygens (including phenoxy) is 1. The van der Waals surface area contributed by atoms with Gasteiger partial charge in [-0.2, -0.15) is 0 Å². The molecule has 1 atom stereocenters. The van der Waals surface area contributed by atoms with Crippen LogP contribution in [-0.4, -0.2) is 19.6 Å². The molecule has 0 aliphatic heterocycles. The summed E-state index contributed by atoms with van der Waals surface area (Å²) in [4.78, 5) is 0. The molecule has 1 unspecified atom stereocenters. The minimum atomic E-state index is -2.42. The molecule has 0 aromatic heterocycles. The summed E-state index contributed by atoms with van der Waals surface area (Å²) in [6.07, 6.45) is 0.588. The number of alkyl halides is 2. The molecule has 0 saturated heterocycles. The Labute approximate surface area is 106 Å². The quantitative estimate of drug-likeness (QED) is 0.842. The second-order valence-electron chi connectivity index (χ2n) is 4.57. The Morgan fingerprint density at radius 3 is 3.00 bits per heavy atom. The fourth-order valence-corrected chi connectivity index (χ4v) is 2.44. The van der Waals surface area contributed by atoms with Gasteiger partial charge in [-0.25, -0.2) is 8.78 Å². The molecule has 0 saturated carbocycles. The average molecular weight is 255 g/mol. The van der Waals surface area contributed by atoms with Crippen molar-refractivity contribution in [3.05, 3.63) is 29.3 Å². The van der Waals surface area contributed by atoms with Gasteiger partial charge in [0, 0.05) is 6.04 Å². The van der Waals surface area contributed by atoms with Crippen LogP contribution >= 0.6 is 0 Å². The maximum atomic E-state index is 12.2. The normalized spacial score (nSPS) is 18.1. The number of hydrogen-bond donors (Lipinski definition) is 1. The zero-order chi connectivity index (χ0) is 13.0. The predicted molar refractivity (Wildman–Crippen MR) is 67.3 cm³/mol. The summed E-state index contributed by atoms with van der Waals surface area (Å²) in [5.74, 6) is 0.619. The van der Waals surface area contributed by atoms with E-state index < -0.39 is 13.0 Å². The Morgan fingerprint density at radius 2 is 2.28 bits per heavy atom. The minimum absolute atomic E-state index is 0.343. The van der Waals surface area contributed by atoms with Crippen LogP contribution in [0.5, 0.6) is 5.75 Å². The van der Waals surface area contributed by atoms with E-state index in [-0.39, 0.29) is 0 Å². The Balaban J connectivity index is 2.09. The SMILES string of the molecule is CCCNC1CCc2c(OCC(F)F)cccc21. The van der Waals surface area contributed by atoms with Crippen molar-refractivity contribution in [2.45, 2.75) is 38.7 Å². The lowest BCUT2D eigenvalue weighted by molar-refractivity contribution is 0.0814. The van der Waals surface area contributed by atoms with E-state index >= 15 is 0 Å². The maximum absolute atomic E-state index is 12.2. The van der Waals surface area contributed by atoms with Crippen molar-refractivity contribution in [1.82, 2.24) is 5.32 Å². The molecular weight excluding hydrogens is 236 g/mol. The lowest BCUT2D eigenvalue weighted by Crippen LogP contribution is -2.19. The van der Waals surface area contributed by atoms with Gasteiger partial charge in [-0.1, -0.05) is 19.1 Å². The summed E-state index contributed by atoms with van der Waals surface area (Å²) in [5, 5.41) is 3.48. The number of nitrogens with one attached hydrogen (secondary N) is 1. The van der Waals surface area contributed by atoms with Crippen molar-refractivity contribution in [3.8, 4) is 5.75 Å². The molecule has 0 bridgehead atoms. The van der Waals surface area contributed by atoms with Gasteiger partial charge in [0.15, 0.2) is 0 Å². The maximum Gasteiger partial charge on any atom is 0.272 e. The molecule has 1 aromatic carbocycles. The highest BCUT2D eigenvalue weighted by molar-refractivity contribution is 5.45. The van der Waals surface area contributed by atoms with Gasteiger partial charge in [0.25, 0.3) is 6.43 Å². The Hall–Kier alpha value is -1.16. The number of rotatable bonds is 6. The summed E-state index contributed by atoms with van der Waals surface area (Å²) in [6.45, 7) is 2.58. The van der Waals surface area contributed by atoms with Crippen molar-refractivity contribution in [2.75, 3.05) is 13.2 Å². The number of halogens is 2. The molecule has 0 amide bonds. The van der Waals surface area contributed by atoms with Crippen LogP contribution in [0.1, 0.15) is 36.9 Å². The summed E-state index contributed by atoms with van der Waals surface area (Å²) in [6, 6.07) is 6.06. The first-order valence-corrected chi connectivity index (χ1v) is 6.48. The van der Waals surface area contributed by atoms with Crippen LogP contribution in [0, 0.1) is 0 Å². The summed E-state index contributed by atoms with van der Waals surface area (Å²) in [5.41, 5.74) is 2.29. The monoisotopic (exact) mass is 255 g/mol. The molecule has 0 heterocycles. The average Bonchev–Trinajstić information content (AvgIpc) is 2.77. The van der Waals surface area contributed by atoms with Crippen molar-refractivity contribution >= 4 is 0 Å². The van der Waals surface area contributed by atoms with Gasteiger partial charge in [-0.15, -0.1) is 0 Å². The van der Waals surface area contributed by atoms with Crippen LogP contribution < -0.4 is 10.1 Å². The molecule has 0 fully saturated rings. The van der Waals surface area contributed by atoms with Gasteiger partial charge in [-0.3, -0.25) is 0 Å². The number of fused-ring (bicyclic) bond motifs is 1. The van der Waals surface area contributed by atoms with Crippen molar-refractivity contribution in [2.24, 2.45) is 0 Å².